The third-order valence-corrected chi connectivity index (χ3v) is 5.94. The zero-order valence-electron chi connectivity index (χ0n) is 13.9. The van der Waals surface area contributed by atoms with Crippen LogP contribution in [0.1, 0.15) is 32.6 Å². The van der Waals surface area contributed by atoms with Gasteiger partial charge < -0.3 is 4.90 Å². The van der Waals surface area contributed by atoms with Gasteiger partial charge >= 0.3 is 0 Å². The van der Waals surface area contributed by atoms with E-state index in [2.05, 4.69) is 9.80 Å². The molecule has 6 heteroatoms. The lowest BCUT2D eigenvalue weighted by molar-refractivity contribution is -0.124. The molecule has 0 unspecified atom stereocenters. The Kier molecular flexibility index (Phi) is 5.19. The predicted octanol–water partition coefficient (Wildman–Crippen LogP) is 3.59. The van der Waals surface area contributed by atoms with Crippen molar-refractivity contribution < 1.29 is 9.59 Å². The summed E-state index contributed by atoms with van der Waals surface area (Å²) >= 11 is 12.2. The van der Waals surface area contributed by atoms with E-state index in [0.29, 0.717) is 29.6 Å². The van der Waals surface area contributed by atoms with Crippen molar-refractivity contribution in [3.05, 3.63) is 28.2 Å². The first kappa shape index (κ1) is 17.7. The Morgan fingerprint density at radius 1 is 1.21 bits per heavy atom. The van der Waals surface area contributed by atoms with Crippen LogP contribution in [0.4, 0.5) is 5.69 Å². The first-order chi connectivity index (χ1) is 11.4. The zero-order chi connectivity index (χ0) is 17.3. The number of carbonyl (C=O) groups excluding carboxylic acids is 2. The van der Waals surface area contributed by atoms with E-state index in [9.17, 15) is 9.59 Å². The van der Waals surface area contributed by atoms with E-state index in [-0.39, 0.29) is 11.6 Å². The molecule has 0 radical (unpaired) electrons. The second kappa shape index (κ2) is 7.03. The molecule has 1 aromatic rings. The molecule has 0 spiro atoms. The molecule has 2 aliphatic heterocycles. The number of benzene rings is 1. The maximum absolute atomic E-state index is 12.7. The van der Waals surface area contributed by atoms with E-state index in [1.807, 2.05) is 12.1 Å². The van der Waals surface area contributed by atoms with Gasteiger partial charge in [0.1, 0.15) is 11.3 Å². The smallest absolute Gasteiger partial charge is 0.156 e. The van der Waals surface area contributed by atoms with Crippen molar-refractivity contribution in [1.29, 1.82) is 0 Å². The fraction of sp³-hybridized carbons (Fsp3) is 0.556. The molecule has 0 bridgehead atoms. The molecule has 24 heavy (non-hydrogen) atoms. The van der Waals surface area contributed by atoms with Gasteiger partial charge in [-0.15, -0.1) is 0 Å². The minimum atomic E-state index is -0.597. The molecule has 2 fully saturated rings. The number of rotatable bonds is 4. The topological polar surface area (TPSA) is 40.6 Å². The Balaban J connectivity index is 1.95. The Bertz CT molecular complexity index is 664. The van der Waals surface area contributed by atoms with Crippen molar-refractivity contribution in [3.8, 4) is 0 Å². The van der Waals surface area contributed by atoms with Crippen molar-refractivity contribution in [1.82, 2.24) is 4.90 Å². The number of Topliss-reactive ketones (excluding diaryl/α,β-unsaturated/α-hetero) is 2. The number of ketones is 2. The number of anilines is 1. The van der Waals surface area contributed by atoms with Crippen molar-refractivity contribution in [2.75, 3.05) is 31.1 Å². The van der Waals surface area contributed by atoms with Crippen LogP contribution in [0.25, 0.3) is 0 Å². The summed E-state index contributed by atoms with van der Waals surface area (Å²) in [5.41, 5.74) is 0.324. The molecular weight excluding hydrogens is 347 g/mol. The van der Waals surface area contributed by atoms with Crippen LogP contribution in [0, 0.1) is 0 Å². The normalized spacial score (nSPS) is 25.3. The monoisotopic (exact) mass is 368 g/mol. The van der Waals surface area contributed by atoms with Crippen LogP contribution in [-0.2, 0) is 9.59 Å². The molecule has 0 amide bonds. The summed E-state index contributed by atoms with van der Waals surface area (Å²) in [7, 11) is 0. The molecule has 0 aliphatic carbocycles. The lowest BCUT2D eigenvalue weighted by Gasteiger charge is -2.48. The van der Waals surface area contributed by atoms with Crippen LogP contribution >= 0.6 is 23.2 Å². The Labute approximate surface area is 152 Å². The molecule has 3 rings (SSSR count). The zero-order valence-corrected chi connectivity index (χ0v) is 15.4. The van der Waals surface area contributed by atoms with Gasteiger partial charge in [0, 0.05) is 31.7 Å². The Hall–Kier alpha value is -1.10. The Morgan fingerprint density at radius 3 is 2.62 bits per heavy atom. The second-order valence-electron chi connectivity index (χ2n) is 6.79. The highest BCUT2D eigenvalue weighted by Gasteiger charge is 2.45. The number of carbonyl (C=O) groups is 2. The molecule has 0 aromatic heterocycles. The predicted molar refractivity (Wildman–Crippen MR) is 97.1 cm³/mol. The number of hydrogen-bond donors (Lipinski definition) is 0. The molecule has 2 heterocycles. The Morgan fingerprint density at radius 2 is 2.00 bits per heavy atom. The summed E-state index contributed by atoms with van der Waals surface area (Å²) in [5, 5.41) is 1.00. The molecule has 4 nitrogen and oxygen atoms in total. The minimum absolute atomic E-state index is 0.146. The summed E-state index contributed by atoms with van der Waals surface area (Å²) in [5.74, 6) is 0.401. The molecule has 1 atom stereocenters. The van der Waals surface area contributed by atoms with Crippen molar-refractivity contribution in [3.63, 3.8) is 0 Å². The number of halogens is 2. The summed E-state index contributed by atoms with van der Waals surface area (Å²) in [4.78, 5) is 28.6. The van der Waals surface area contributed by atoms with E-state index in [0.717, 1.165) is 38.0 Å². The lowest BCUT2D eigenvalue weighted by atomic mass is 9.82. The standard InChI is InChI=1S/C18H22Cl2N2O2/c1-13(23)18(12-21-9-6-15(24)11-21)7-2-3-8-22(18)14-4-5-16(19)17(20)10-14/h4-5,10H,2-3,6-9,11-12H2,1H3/t18-/m1/s1. The number of piperidine rings is 1. The van der Waals surface area contributed by atoms with Crippen LogP contribution in [-0.4, -0.2) is 48.2 Å². The van der Waals surface area contributed by atoms with Crippen molar-refractivity contribution in [2.45, 2.75) is 38.1 Å². The number of likely N-dealkylation sites (tertiary alicyclic amines) is 1. The quantitative estimate of drug-likeness (QED) is 0.814. The van der Waals surface area contributed by atoms with E-state index < -0.39 is 5.54 Å². The summed E-state index contributed by atoms with van der Waals surface area (Å²) in [6.45, 7) is 4.24. The first-order valence-corrected chi connectivity index (χ1v) is 9.16. The number of hydrogen-bond acceptors (Lipinski definition) is 4. The van der Waals surface area contributed by atoms with Gasteiger partial charge in [-0.1, -0.05) is 23.2 Å². The number of nitrogens with zero attached hydrogens (tertiary/aromatic N) is 2. The first-order valence-electron chi connectivity index (χ1n) is 8.40. The van der Waals surface area contributed by atoms with Gasteiger partial charge in [0.15, 0.2) is 5.78 Å². The summed E-state index contributed by atoms with van der Waals surface area (Å²) < 4.78 is 0. The van der Waals surface area contributed by atoms with E-state index in [4.69, 9.17) is 23.2 Å². The second-order valence-corrected chi connectivity index (χ2v) is 7.61. The summed E-state index contributed by atoms with van der Waals surface area (Å²) in [6, 6.07) is 5.53. The molecule has 2 saturated heterocycles. The largest absolute Gasteiger partial charge is 0.358 e. The van der Waals surface area contributed by atoms with Gasteiger partial charge in [-0.3, -0.25) is 14.5 Å². The highest BCUT2D eigenvalue weighted by atomic mass is 35.5. The molecule has 0 N–H and O–H groups in total. The average molecular weight is 369 g/mol. The van der Waals surface area contributed by atoms with Crippen molar-refractivity contribution in [2.24, 2.45) is 0 Å². The van der Waals surface area contributed by atoms with Crippen LogP contribution in [0.3, 0.4) is 0 Å². The van der Waals surface area contributed by atoms with Crippen LogP contribution in [0.2, 0.25) is 10.0 Å². The molecule has 2 aliphatic rings. The van der Waals surface area contributed by atoms with Crippen LogP contribution in [0.5, 0.6) is 0 Å². The van der Waals surface area contributed by atoms with Gasteiger partial charge in [-0.05, 0) is 44.4 Å². The SMILES string of the molecule is CC(=O)[C@]1(CN2CCC(=O)C2)CCCCN1c1ccc(Cl)c(Cl)c1. The fourth-order valence-electron chi connectivity index (χ4n) is 3.90. The third-order valence-electron chi connectivity index (χ3n) is 5.20. The van der Waals surface area contributed by atoms with Crippen LogP contribution < -0.4 is 4.90 Å². The van der Waals surface area contributed by atoms with E-state index in [1.165, 1.54) is 0 Å². The van der Waals surface area contributed by atoms with Gasteiger partial charge in [0.05, 0.1) is 16.6 Å². The minimum Gasteiger partial charge on any atom is -0.358 e. The highest BCUT2D eigenvalue weighted by molar-refractivity contribution is 6.42. The molecule has 130 valence electrons. The van der Waals surface area contributed by atoms with Gasteiger partial charge in [-0.2, -0.15) is 0 Å². The molecular formula is C18H22Cl2N2O2. The van der Waals surface area contributed by atoms with Crippen LogP contribution in [0.15, 0.2) is 18.2 Å². The fourth-order valence-corrected chi connectivity index (χ4v) is 4.19. The average Bonchev–Trinajstić information content (AvgIpc) is 2.95. The van der Waals surface area contributed by atoms with E-state index >= 15 is 0 Å². The third kappa shape index (κ3) is 3.32. The maximum atomic E-state index is 12.7. The van der Waals surface area contributed by atoms with Gasteiger partial charge in [-0.25, -0.2) is 0 Å². The van der Waals surface area contributed by atoms with Gasteiger partial charge in [0.25, 0.3) is 0 Å². The summed E-state index contributed by atoms with van der Waals surface area (Å²) in [6.07, 6.45) is 3.43. The molecule has 1 aromatic carbocycles. The maximum Gasteiger partial charge on any atom is 0.156 e. The van der Waals surface area contributed by atoms with Gasteiger partial charge in [0.2, 0.25) is 0 Å². The molecule has 0 saturated carbocycles. The van der Waals surface area contributed by atoms with E-state index in [1.54, 1.807) is 13.0 Å². The highest BCUT2D eigenvalue weighted by Crippen LogP contribution is 2.37. The van der Waals surface area contributed by atoms with Crippen molar-refractivity contribution >= 4 is 40.5 Å². The lowest BCUT2D eigenvalue weighted by Crippen LogP contribution is -2.62.